The largest absolute Gasteiger partial charge is 0.307 e. The van der Waals surface area contributed by atoms with Gasteiger partial charge in [-0.25, -0.2) is 4.57 Å². The van der Waals surface area contributed by atoms with Gasteiger partial charge in [0, 0.05) is 16.8 Å². The minimum absolute atomic E-state index is 0.435. The molecule has 0 bridgehead atoms. The molecule has 7 aromatic rings. The third kappa shape index (κ3) is 3.38. The van der Waals surface area contributed by atoms with Crippen LogP contribution in [0.25, 0.3) is 60.1 Å². The Morgan fingerprint density at radius 1 is 0.675 bits per heavy atom. The van der Waals surface area contributed by atoms with Crippen LogP contribution in [0.2, 0.25) is 0 Å². The molecule has 7 rings (SSSR count). The molecule has 40 heavy (non-hydrogen) atoms. The van der Waals surface area contributed by atoms with E-state index in [1.165, 1.54) is 82.4 Å². The number of para-hydroxylation sites is 1. The van der Waals surface area contributed by atoms with Gasteiger partial charge >= 0.3 is 0 Å². The third-order valence-corrected chi connectivity index (χ3v) is 9.16. The Morgan fingerprint density at radius 3 is 2.05 bits per heavy atom. The zero-order chi connectivity index (χ0) is 28.0. The minimum Gasteiger partial charge on any atom is -0.307 e. The fourth-order valence-electron chi connectivity index (χ4n) is 7.10. The van der Waals surface area contributed by atoms with Crippen molar-refractivity contribution in [2.45, 2.75) is 66.2 Å². The van der Waals surface area contributed by atoms with Crippen LogP contribution in [0.3, 0.4) is 0 Å². The van der Waals surface area contributed by atoms with Crippen LogP contribution in [0.15, 0.2) is 72.9 Å². The molecular formula is C38H39N2+. The van der Waals surface area contributed by atoms with Crippen molar-refractivity contribution in [3.63, 3.8) is 0 Å². The van der Waals surface area contributed by atoms with Gasteiger partial charge in [0.05, 0.1) is 27.3 Å². The number of hydrogen-bond donors (Lipinski definition) is 0. The van der Waals surface area contributed by atoms with E-state index < -0.39 is 0 Å². The summed E-state index contributed by atoms with van der Waals surface area (Å²) in [4.78, 5) is 0. The second-order valence-corrected chi connectivity index (χ2v) is 12.8. The molecule has 2 nitrogen and oxygen atoms in total. The van der Waals surface area contributed by atoms with Crippen molar-refractivity contribution in [1.82, 2.24) is 4.40 Å². The summed E-state index contributed by atoms with van der Waals surface area (Å²) < 4.78 is 4.88. The molecule has 3 heterocycles. The predicted octanol–water partition coefficient (Wildman–Crippen LogP) is 10.2. The lowest BCUT2D eigenvalue weighted by atomic mass is 9.81. The molecule has 4 aromatic carbocycles. The highest BCUT2D eigenvalue weighted by Crippen LogP contribution is 2.44. The maximum absolute atomic E-state index is 2.55. The fraction of sp³-hybridized carbons (Fsp3) is 0.289. The minimum atomic E-state index is 0.435. The smallest absolute Gasteiger partial charge is 0.224 e. The van der Waals surface area contributed by atoms with Gasteiger partial charge in [-0.15, -0.1) is 0 Å². The fourth-order valence-corrected chi connectivity index (χ4v) is 7.10. The van der Waals surface area contributed by atoms with Crippen molar-refractivity contribution in [2.24, 2.45) is 7.05 Å². The quantitative estimate of drug-likeness (QED) is 0.123. The molecule has 200 valence electrons. The highest BCUT2D eigenvalue weighted by atomic mass is 15.0. The van der Waals surface area contributed by atoms with Gasteiger partial charge < -0.3 is 4.40 Å². The van der Waals surface area contributed by atoms with Crippen LogP contribution in [-0.2, 0) is 7.05 Å². The van der Waals surface area contributed by atoms with E-state index in [2.05, 4.69) is 137 Å². The lowest BCUT2D eigenvalue weighted by Crippen LogP contribution is -2.28. The Morgan fingerprint density at radius 2 is 1.38 bits per heavy atom. The average Bonchev–Trinajstić information content (AvgIpc) is 3.27. The van der Waals surface area contributed by atoms with Crippen molar-refractivity contribution < 1.29 is 4.57 Å². The summed E-state index contributed by atoms with van der Waals surface area (Å²) >= 11 is 0. The average molecular weight is 524 g/mol. The van der Waals surface area contributed by atoms with Gasteiger partial charge in [-0.05, 0) is 81.6 Å². The third-order valence-electron chi connectivity index (χ3n) is 9.16. The highest BCUT2D eigenvalue weighted by molar-refractivity contribution is 6.26. The first-order chi connectivity index (χ1) is 19.2. The monoisotopic (exact) mass is 523 g/mol. The van der Waals surface area contributed by atoms with Crippen molar-refractivity contribution in [3.05, 3.63) is 95.2 Å². The summed E-state index contributed by atoms with van der Waals surface area (Å²) in [6, 6.07) is 25.7. The molecule has 0 aliphatic heterocycles. The second-order valence-electron chi connectivity index (χ2n) is 12.8. The number of hydrogen-bond acceptors (Lipinski definition) is 0. The molecule has 0 saturated carbocycles. The van der Waals surface area contributed by atoms with Crippen molar-refractivity contribution in [1.29, 1.82) is 0 Å². The first-order valence-electron chi connectivity index (χ1n) is 14.8. The summed E-state index contributed by atoms with van der Waals surface area (Å²) in [5.41, 5.74) is 13.6. The molecule has 0 unspecified atom stereocenters. The van der Waals surface area contributed by atoms with Gasteiger partial charge in [0.25, 0.3) is 0 Å². The summed E-state index contributed by atoms with van der Waals surface area (Å²) in [6.07, 6.45) is 2.25. The molecule has 0 amide bonds. The van der Waals surface area contributed by atoms with E-state index in [0.717, 1.165) is 0 Å². The van der Waals surface area contributed by atoms with E-state index in [1.807, 2.05) is 0 Å². The maximum atomic E-state index is 2.55. The molecule has 0 saturated heterocycles. The molecule has 0 N–H and O–H groups in total. The molecule has 0 aliphatic rings. The Hall–Kier alpha value is -3.91. The lowest BCUT2D eigenvalue weighted by Gasteiger charge is -2.24. The lowest BCUT2D eigenvalue weighted by molar-refractivity contribution is -0.643. The Kier molecular flexibility index (Phi) is 5.52. The number of benzene rings is 4. The zero-order valence-electron chi connectivity index (χ0n) is 25.1. The van der Waals surface area contributed by atoms with E-state index in [9.17, 15) is 0 Å². The van der Waals surface area contributed by atoms with Gasteiger partial charge in [0.2, 0.25) is 5.52 Å². The zero-order valence-corrected chi connectivity index (χ0v) is 25.1. The van der Waals surface area contributed by atoms with E-state index >= 15 is 0 Å². The Bertz CT molecular complexity index is 2070. The van der Waals surface area contributed by atoms with Crippen LogP contribution < -0.4 is 4.57 Å². The van der Waals surface area contributed by atoms with Crippen LogP contribution in [-0.4, -0.2) is 4.40 Å². The molecule has 0 radical (unpaired) electrons. The predicted molar refractivity (Wildman–Crippen MR) is 172 cm³/mol. The molecule has 0 aliphatic carbocycles. The summed E-state index contributed by atoms with van der Waals surface area (Å²) in [5.74, 6) is 1.37. The first-order valence-corrected chi connectivity index (χ1v) is 14.8. The van der Waals surface area contributed by atoms with Gasteiger partial charge in [-0.1, -0.05) is 84.0 Å². The normalized spacial score (nSPS) is 12.7. The van der Waals surface area contributed by atoms with Gasteiger partial charge in [-0.3, -0.25) is 0 Å². The maximum Gasteiger partial charge on any atom is 0.224 e. The van der Waals surface area contributed by atoms with E-state index in [0.29, 0.717) is 17.8 Å². The van der Waals surface area contributed by atoms with Crippen molar-refractivity contribution in [2.75, 3.05) is 0 Å². The van der Waals surface area contributed by atoms with Crippen molar-refractivity contribution >= 4 is 49.0 Å². The van der Waals surface area contributed by atoms with Crippen LogP contribution in [0.4, 0.5) is 0 Å². The number of pyridine rings is 2. The number of nitrogens with zero attached hydrogens (tertiary/aromatic N) is 2. The van der Waals surface area contributed by atoms with Crippen LogP contribution >= 0.6 is 0 Å². The molecule has 3 aromatic heterocycles. The number of rotatable bonds is 4. The SMILES string of the molecule is Cc1ccc2c3ccccc3n3c4cc(-c5c(C(C)C)cc(C(C)C)cc5C(C)C)cc5cc[n+](C)c(c1c23)c54. The van der Waals surface area contributed by atoms with Gasteiger partial charge in [0.15, 0.2) is 6.20 Å². The summed E-state index contributed by atoms with van der Waals surface area (Å²) in [7, 11) is 2.20. The topological polar surface area (TPSA) is 8.29 Å². The number of aryl methyl sites for hydroxylation is 2. The second kappa shape index (κ2) is 8.80. The van der Waals surface area contributed by atoms with E-state index in [-0.39, 0.29) is 0 Å². The van der Waals surface area contributed by atoms with Gasteiger partial charge in [-0.2, -0.15) is 0 Å². The van der Waals surface area contributed by atoms with Crippen LogP contribution in [0.1, 0.15) is 81.5 Å². The highest BCUT2D eigenvalue weighted by Gasteiger charge is 2.26. The molecule has 0 atom stereocenters. The Labute approximate surface area is 237 Å². The first kappa shape index (κ1) is 25.1. The molecule has 2 heteroatoms. The summed E-state index contributed by atoms with van der Waals surface area (Å²) in [5, 5.41) is 6.65. The number of aromatic nitrogens is 2. The standard InChI is InChI=1S/C38H39N2/c1-21(2)26-18-30(22(3)4)35(31(19-26)23(5)6)27-17-25-15-16-39(8)38-34-24(7)13-14-29-28-11-9-10-12-32(28)40(37(29)34)33(20-27)36(25)38/h9-23H,1-8H3/q+1. The number of fused-ring (bicyclic) bond motifs is 5. The van der Waals surface area contributed by atoms with Crippen molar-refractivity contribution in [3.8, 4) is 11.1 Å². The molecular weight excluding hydrogens is 484 g/mol. The van der Waals surface area contributed by atoms with Gasteiger partial charge in [0.1, 0.15) is 7.05 Å². The Balaban J connectivity index is 1.74. The van der Waals surface area contributed by atoms with Crippen LogP contribution in [0.5, 0.6) is 0 Å². The molecule has 0 spiro atoms. The summed E-state index contributed by atoms with van der Waals surface area (Å²) in [6.45, 7) is 16.3. The van der Waals surface area contributed by atoms with Crippen LogP contribution in [0, 0.1) is 6.92 Å². The molecule has 0 fully saturated rings. The van der Waals surface area contributed by atoms with E-state index in [1.54, 1.807) is 0 Å². The van der Waals surface area contributed by atoms with E-state index in [4.69, 9.17) is 0 Å².